The maximum Gasteiger partial charge on any atom is 0.346 e. The molecule has 2 heterocycles. The van der Waals surface area contributed by atoms with E-state index in [-0.39, 0.29) is 25.4 Å². The van der Waals surface area contributed by atoms with Crippen LogP contribution in [0.2, 0.25) is 0 Å². The number of hydrogen-bond acceptors (Lipinski definition) is 5. The fourth-order valence-corrected chi connectivity index (χ4v) is 2.88. The molecule has 0 atom stereocenters. The number of rotatable bonds is 6. The highest BCUT2D eigenvalue weighted by molar-refractivity contribution is 5.81. The monoisotopic (exact) mass is 358 g/mol. The zero-order chi connectivity index (χ0) is 18.4. The second kappa shape index (κ2) is 8.46. The normalized spacial score (nSPS) is 13.5. The molecule has 1 aromatic heterocycles. The number of nitrogens with zero attached hydrogens (tertiary/aromatic N) is 3. The third kappa shape index (κ3) is 4.59. The van der Waals surface area contributed by atoms with Crippen molar-refractivity contribution in [2.24, 2.45) is 0 Å². The minimum absolute atomic E-state index is 0.156. The van der Waals surface area contributed by atoms with Gasteiger partial charge in [-0.15, -0.1) is 0 Å². The van der Waals surface area contributed by atoms with E-state index >= 15 is 0 Å². The van der Waals surface area contributed by atoms with Crippen molar-refractivity contribution < 1.29 is 14.3 Å². The number of amides is 1. The molecule has 0 saturated carbocycles. The van der Waals surface area contributed by atoms with Crippen LogP contribution in [-0.4, -0.2) is 32.8 Å². The van der Waals surface area contributed by atoms with Gasteiger partial charge in [-0.05, 0) is 18.4 Å². The number of nitrogens with one attached hydrogen (secondary N) is 1. The maximum atomic E-state index is 12.3. The first-order valence-corrected chi connectivity index (χ1v) is 8.76. The molecule has 1 aliphatic heterocycles. The van der Waals surface area contributed by atoms with Gasteiger partial charge in [0.2, 0.25) is 5.91 Å². The Kier molecular flexibility index (Phi) is 5.83. The fraction of sp³-hybridized carbons (Fsp3) is 0.444. The van der Waals surface area contributed by atoms with Crippen LogP contribution in [0.5, 0.6) is 0 Å². The smallest absolute Gasteiger partial charge is 0.346 e. The molecule has 1 aromatic carbocycles. The molecule has 138 valence electrons. The Labute approximate surface area is 150 Å². The minimum atomic E-state index is -0.532. The lowest BCUT2D eigenvalue weighted by atomic mass is 10.2. The molecule has 1 amide bonds. The van der Waals surface area contributed by atoms with Gasteiger partial charge in [-0.25, -0.2) is 9.48 Å². The highest BCUT2D eigenvalue weighted by Crippen LogP contribution is 2.10. The van der Waals surface area contributed by atoms with Crippen molar-refractivity contribution >= 4 is 11.9 Å². The number of carbonyl (C=O) groups excluding carboxylic acids is 2. The van der Waals surface area contributed by atoms with Gasteiger partial charge < -0.3 is 10.1 Å². The summed E-state index contributed by atoms with van der Waals surface area (Å²) in [5.41, 5.74) is 0.599. The van der Waals surface area contributed by atoms with Crippen molar-refractivity contribution in [3.8, 4) is 0 Å². The summed E-state index contributed by atoms with van der Waals surface area (Å²) in [6, 6.07) is 9.29. The summed E-state index contributed by atoms with van der Waals surface area (Å²) in [5, 5.41) is 6.71. The van der Waals surface area contributed by atoms with Crippen molar-refractivity contribution in [3.05, 3.63) is 52.2 Å². The Morgan fingerprint density at radius 2 is 1.96 bits per heavy atom. The van der Waals surface area contributed by atoms with Crippen molar-refractivity contribution in [1.82, 2.24) is 19.7 Å². The van der Waals surface area contributed by atoms with Crippen molar-refractivity contribution in [3.63, 3.8) is 0 Å². The number of fused-ring (bicyclic) bond motifs is 1. The van der Waals surface area contributed by atoms with E-state index in [1.807, 2.05) is 30.3 Å². The summed E-state index contributed by atoms with van der Waals surface area (Å²) >= 11 is 0. The lowest BCUT2D eigenvalue weighted by molar-refractivity contribution is -0.145. The lowest BCUT2D eigenvalue weighted by Crippen LogP contribution is -2.36. The molecule has 0 bridgehead atoms. The molecule has 3 rings (SSSR count). The molecular formula is C18H22N4O4. The van der Waals surface area contributed by atoms with Crippen LogP contribution >= 0.6 is 0 Å². The highest BCUT2D eigenvalue weighted by atomic mass is 16.5. The van der Waals surface area contributed by atoms with Gasteiger partial charge in [0, 0.05) is 13.0 Å². The third-order valence-corrected chi connectivity index (χ3v) is 4.25. The summed E-state index contributed by atoms with van der Waals surface area (Å²) in [5.74, 6) is -0.255. The first-order chi connectivity index (χ1) is 12.6. The van der Waals surface area contributed by atoms with Crippen LogP contribution < -0.4 is 11.0 Å². The van der Waals surface area contributed by atoms with Crippen LogP contribution in [0.15, 0.2) is 35.1 Å². The second-order valence-corrected chi connectivity index (χ2v) is 6.24. The second-order valence-electron chi connectivity index (χ2n) is 6.24. The molecule has 8 nitrogen and oxygen atoms in total. The van der Waals surface area contributed by atoms with Gasteiger partial charge in [0.15, 0.2) is 0 Å². The fourth-order valence-electron chi connectivity index (χ4n) is 2.88. The summed E-state index contributed by atoms with van der Waals surface area (Å²) in [4.78, 5) is 36.0. The highest BCUT2D eigenvalue weighted by Gasteiger charge is 2.17. The van der Waals surface area contributed by atoms with E-state index in [0.29, 0.717) is 6.54 Å². The Morgan fingerprint density at radius 1 is 1.15 bits per heavy atom. The molecule has 26 heavy (non-hydrogen) atoms. The van der Waals surface area contributed by atoms with Gasteiger partial charge in [-0.2, -0.15) is 5.10 Å². The number of ether oxygens (including phenoxy) is 1. The molecule has 0 aliphatic carbocycles. The van der Waals surface area contributed by atoms with E-state index in [2.05, 4.69) is 10.4 Å². The van der Waals surface area contributed by atoms with Gasteiger partial charge in [-0.1, -0.05) is 36.8 Å². The summed E-state index contributed by atoms with van der Waals surface area (Å²) in [6.45, 7) is 0.350. The maximum absolute atomic E-state index is 12.3. The molecular weight excluding hydrogens is 336 g/mol. The SMILES string of the molecule is O=C(Cn1nc2n(c1=O)CCCCC2)NCC(=O)OCc1ccccc1. The Hall–Kier alpha value is -2.90. The van der Waals surface area contributed by atoms with Crippen LogP contribution in [0.1, 0.15) is 30.7 Å². The molecule has 8 heteroatoms. The van der Waals surface area contributed by atoms with Crippen LogP contribution in [0, 0.1) is 0 Å². The van der Waals surface area contributed by atoms with Gasteiger partial charge >= 0.3 is 11.7 Å². The van der Waals surface area contributed by atoms with Gasteiger partial charge in [0.25, 0.3) is 0 Å². The van der Waals surface area contributed by atoms with E-state index in [1.54, 1.807) is 4.57 Å². The predicted octanol–water partition coefficient (Wildman–Crippen LogP) is 0.631. The van der Waals surface area contributed by atoms with Gasteiger partial charge in [0.05, 0.1) is 0 Å². The first-order valence-electron chi connectivity index (χ1n) is 8.76. The number of esters is 1. The average molecular weight is 358 g/mol. The standard InChI is InChI=1S/C18H22N4O4/c23-16(19-11-17(24)26-13-14-7-3-1-4-8-14)12-22-18(25)21-10-6-2-5-9-15(21)20-22/h1,3-4,7-8H,2,5-6,9-13H2,(H,19,23). The van der Waals surface area contributed by atoms with Crippen LogP contribution in [0.4, 0.5) is 0 Å². The van der Waals surface area contributed by atoms with Crippen molar-refractivity contribution in [2.75, 3.05) is 6.54 Å². The third-order valence-electron chi connectivity index (χ3n) is 4.25. The lowest BCUT2D eigenvalue weighted by Gasteiger charge is -2.06. The molecule has 0 fully saturated rings. The summed E-state index contributed by atoms with van der Waals surface area (Å²) in [6.07, 6.45) is 3.76. The topological polar surface area (TPSA) is 95.2 Å². The van der Waals surface area contributed by atoms with Crippen LogP contribution in [0.3, 0.4) is 0 Å². The number of aryl methyl sites for hydroxylation is 1. The molecule has 1 aliphatic rings. The number of aromatic nitrogens is 3. The zero-order valence-electron chi connectivity index (χ0n) is 14.5. The Morgan fingerprint density at radius 3 is 2.77 bits per heavy atom. The van der Waals surface area contributed by atoms with E-state index < -0.39 is 11.9 Å². The van der Waals surface area contributed by atoms with Crippen LogP contribution in [0.25, 0.3) is 0 Å². The van der Waals surface area contributed by atoms with E-state index in [0.717, 1.165) is 41.8 Å². The molecule has 0 radical (unpaired) electrons. The van der Waals surface area contributed by atoms with Gasteiger partial charge in [0.1, 0.15) is 25.5 Å². The van der Waals surface area contributed by atoms with E-state index in [9.17, 15) is 14.4 Å². The first kappa shape index (κ1) is 17.9. The molecule has 1 N–H and O–H groups in total. The number of hydrogen-bond donors (Lipinski definition) is 1. The molecule has 0 spiro atoms. The summed E-state index contributed by atoms with van der Waals surface area (Å²) in [7, 11) is 0. The summed E-state index contributed by atoms with van der Waals surface area (Å²) < 4.78 is 7.88. The van der Waals surface area contributed by atoms with Crippen LogP contribution in [-0.2, 0) is 40.4 Å². The van der Waals surface area contributed by atoms with E-state index in [4.69, 9.17) is 4.74 Å². The minimum Gasteiger partial charge on any atom is -0.460 e. The Balaban J connectivity index is 1.47. The van der Waals surface area contributed by atoms with Crippen molar-refractivity contribution in [2.45, 2.75) is 45.4 Å². The number of carbonyl (C=O) groups is 2. The average Bonchev–Trinajstić information content (AvgIpc) is 2.82. The molecule has 2 aromatic rings. The largest absolute Gasteiger partial charge is 0.460 e. The van der Waals surface area contributed by atoms with Crippen molar-refractivity contribution in [1.29, 1.82) is 0 Å². The molecule has 0 unspecified atom stereocenters. The Bertz CT molecular complexity index is 825. The zero-order valence-corrected chi connectivity index (χ0v) is 14.5. The predicted molar refractivity (Wildman–Crippen MR) is 93.3 cm³/mol. The quantitative estimate of drug-likeness (QED) is 0.764. The number of benzene rings is 1. The van der Waals surface area contributed by atoms with E-state index in [1.165, 1.54) is 0 Å². The molecule has 0 saturated heterocycles. The van der Waals surface area contributed by atoms with Gasteiger partial charge in [-0.3, -0.25) is 14.2 Å².